The highest BCUT2D eigenvalue weighted by Gasteiger charge is 2.58. The van der Waals surface area contributed by atoms with E-state index in [1.165, 1.54) is 0 Å². The third-order valence-electron chi connectivity index (χ3n) is 4.17. The third-order valence-corrected chi connectivity index (χ3v) is 4.17. The molecule has 126 valence electrons. The Morgan fingerprint density at radius 2 is 1.86 bits per heavy atom. The van der Waals surface area contributed by atoms with Gasteiger partial charge in [-0.1, -0.05) is 6.08 Å². The maximum Gasteiger partial charge on any atom is 0.188 e. The molecule has 3 rings (SSSR count). The van der Waals surface area contributed by atoms with Crippen molar-refractivity contribution in [2.45, 2.75) is 63.9 Å². The minimum atomic E-state index is -0.636. The lowest BCUT2D eigenvalue weighted by molar-refractivity contribution is -0.229. The van der Waals surface area contributed by atoms with Gasteiger partial charge in [-0.15, -0.1) is 6.58 Å². The topological polar surface area (TPSA) is 55.4 Å². The van der Waals surface area contributed by atoms with Gasteiger partial charge in [-0.25, -0.2) is 0 Å². The van der Waals surface area contributed by atoms with Crippen molar-refractivity contribution in [2.75, 3.05) is 19.8 Å². The van der Waals surface area contributed by atoms with Gasteiger partial charge >= 0.3 is 0 Å². The van der Waals surface area contributed by atoms with Crippen molar-refractivity contribution in [1.82, 2.24) is 0 Å². The molecular formula is C16H26O6. The molecule has 5 atom stereocenters. The fourth-order valence-electron chi connectivity index (χ4n) is 3.31. The van der Waals surface area contributed by atoms with Crippen LogP contribution in [0.1, 0.15) is 27.7 Å². The number of ether oxygens (including phenoxy) is 6. The average molecular weight is 314 g/mol. The van der Waals surface area contributed by atoms with E-state index in [9.17, 15) is 0 Å². The Balaban J connectivity index is 1.71. The molecule has 6 nitrogen and oxygen atoms in total. The van der Waals surface area contributed by atoms with Crippen LogP contribution in [0.4, 0.5) is 0 Å². The Kier molecular flexibility index (Phi) is 4.35. The molecule has 6 heteroatoms. The zero-order valence-electron chi connectivity index (χ0n) is 13.7. The van der Waals surface area contributed by atoms with Crippen molar-refractivity contribution in [3.8, 4) is 0 Å². The standard InChI is InChI=1S/C16H26O6/c1-6-7-17-8-10-12(11-9-18-15(2,3)20-11)19-14-13(10)21-16(4,5)22-14/h6,10-14H,1,7-9H2,2-5H3/t10-,11?,12+,13?,14-/m1/s1. The number of hydrogen-bond donors (Lipinski definition) is 0. The molecule has 0 spiro atoms. The summed E-state index contributed by atoms with van der Waals surface area (Å²) in [5.41, 5.74) is 0. The number of fused-ring (bicyclic) bond motifs is 1. The molecule has 3 heterocycles. The molecule has 0 amide bonds. The lowest BCUT2D eigenvalue weighted by Gasteiger charge is -2.28. The maximum absolute atomic E-state index is 6.08. The first-order chi connectivity index (χ1) is 10.3. The summed E-state index contributed by atoms with van der Waals surface area (Å²) < 4.78 is 35.2. The van der Waals surface area contributed by atoms with Crippen molar-refractivity contribution < 1.29 is 28.4 Å². The molecule has 3 saturated heterocycles. The van der Waals surface area contributed by atoms with E-state index in [0.29, 0.717) is 19.8 Å². The van der Waals surface area contributed by atoms with Crippen LogP contribution in [0.5, 0.6) is 0 Å². The minimum Gasteiger partial charge on any atom is -0.377 e. The summed E-state index contributed by atoms with van der Waals surface area (Å²) in [6, 6.07) is 0. The Labute approximate surface area is 131 Å². The third kappa shape index (κ3) is 3.22. The molecule has 2 unspecified atom stereocenters. The van der Waals surface area contributed by atoms with Crippen molar-refractivity contribution >= 4 is 0 Å². The fourth-order valence-corrected chi connectivity index (χ4v) is 3.31. The molecule has 22 heavy (non-hydrogen) atoms. The molecule has 0 radical (unpaired) electrons. The van der Waals surface area contributed by atoms with Crippen LogP contribution in [0.25, 0.3) is 0 Å². The highest BCUT2D eigenvalue weighted by molar-refractivity contribution is 4.97. The summed E-state index contributed by atoms with van der Waals surface area (Å²) in [6.45, 7) is 12.8. The second-order valence-electron chi connectivity index (χ2n) is 6.93. The van der Waals surface area contributed by atoms with E-state index < -0.39 is 11.6 Å². The minimum absolute atomic E-state index is 0.0363. The van der Waals surface area contributed by atoms with E-state index in [-0.39, 0.29) is 30.5 Å². The quantitative estimate of drug-likeness (QED) is 0.570. The lowest BCUT2D eigenvalue weighted by atomic mass is 9.95. The van der Waals surface area contributed by atoms with Crippen LogP contribution in [0.15, 0.2) is 12.7 Å². The van der Waals surface area contributed by atoms with Gasteiger partial charge in [0.25, 0.3) is 0 Å². The predicted molar refractivity (Wildman–Crippen MR) is 78.1 cm³/mol. The van der Waals surface area contributed by atoms with Gasteiger partial charge in [0.1, 0.15) is 12.2 Å². The van der Waals surface area contributed by atoms with Gasteiger partial charge in [0.2, 0.25) is 0 Å². The van der Waals surface area contributed by atoms with E-state index in [2.05, 4.69) is 6.58 Å². The van der Waals surface area contributed by atoms with Crippen molar-refractivity contribution in [2.24, 2.45) is 5.92 Å². The van der Waals surface area contributed by atoms with Gasteiger partial charge in [0.15, 0.2) is 17.9 Å². The summed E-state index contributed by atoms with van der Waals surface area (Å²) in [7, 11) is 0. The molecule has 3 aliphatic heterocycles. The summed E-state index contributed by atoms with van der Waals surface area (Å²) in [4.78, 5) is 0. The van der Waals surface area contributed by atoms with Crippen molar-refractivity contribution in [3.05, 3.63) is 12.7 Å². The molecule has 0 aromatic carbocycles. The van der Waals surface area contributed by atoms with Crippen LogP contribution in [0.3, 0.4) is 0 Å². The van der Waals surface area contributed by atoms with Crippen LogP contribution in [-0.4, -0.2) is 56.0 Å². The molecule has 0 N–H and O–H groups in total. The van der Waals surface area contributed by atoms with Gasteiger partial charge in [-0.3, -0.25) is 0 Å². The zero-order valence-corrected chi connectivity index (χ0v) is 13.7. The average Bonchev–Trinajstić information content (AvgIpc) is 3.01. The van der Waals surface area contributed by atoms with Gasteiger partial charge in [-0.2, -0.15) is 0 Å². The number of rotatable bonds is 5. The Hall–Kier alpha value is -0.500. The first kappa shape index (κ1) is 16.4. The van der Waals surface area contributed by atoms with Crippen LogP contribution < -0.4 is 0 Å². The second kappa shape index (κ2) is 5.85. The van der Waals surface area contributed by atoms with Gasteiger partial charge < -0.3 is 28.4 Å². The zero-order chi connectivity index (χ0) is 16.0. The highest BCUT2D eigenvalue weighted by atomic mass is 16.8. The summed E-state index contributed by atoms with van der Waals surface area (Å²) in [6.07, 6.45) is 0.879. The number of hydrogen-bond acceptors (Lipinski definition) is 6. The van der Waals surface area contributed by atoms with E-state index in [1.54, 1.807) is 6.08 Å². The fraction of sp³-hybridized carbons (Fsp3) is 0.875. The molecule has 3 fully saturated rings. The molecule has 3 aliphatic rings. The first-order valence-corrected chi connectivity index (χ1v) is 7.83. The monoisotopic (exact) mass is 314 g/mol. The SMILES string of the molecule is C=CCOC[C@H]1C2OC(C)(C)O[C@H]2O[C@@H]1C1COC(C)(C)O1. The van der Waals surface area contributed by atoms with Crippen LogP contribution >= 0.6 is 0 Å². The van der Waals surface area contributed by atoms with Gasteiger partial charge in [-0.05, 0) is 27.7 Å². The maximum atomic E-state index is 6.08. The molecule has 0 aromatic rings. The Bertz CT molecular complexity index is 421. The Morgan fingerprint density at radius 3 is 2.50 bits per heavy atom. The van der Waals surface area contributed by atoms with E-state index in [0.717, 1.165) is 0 Å². The summed E-state index contributed by atoms with van der Waals surface area (Å²) in [5, 5.41) is 0. The molecular weight excluding hydrogens is 288 g/mol. The Morgan fingerprint density at radius 1 is 1.09 bits per heavy atom. The van der Waals surface area contributed by atoms with E-state index >= 15 is 0 Å². The molecule has 0 aromatic heterocycles. The van der Waals surface area contributed by atoms with Crippen molar-refractivity contribution in [3.63, 3.8) is 0 Å². The van der Waals surface area contributed by atoms with Crippen LogP contribution in [-0.2, 0) is 28.4 Å². The predicted octanol–water partition coefficient (Wildman–Crippen LogP) is 1.83. The lowest BCUT2D eigenvalue weighted by Crippen LogP contribution is -2.41. The second-order valence-corrected chi connectivity index (χ2v) is 6.93. The van der Waals surface area contributed by atoms with Crippen LogP contribution in [0, 0.1) is 5.92 Å². The van der Waals surface area contributed by atoms with Gasteiger partial charge in [0.05, 0.1) is 25.9 Å². The van der Waals surface area contributed by atoms with Crippen molar-refractivity contribution in [1.29, 1.82) is 0 Å². The van der Waals surface area contributed by atoms with E-state index in [4.69, 9.17) is 28.4 Å². The normalized spacial score (nSPS) is 42.5. The molecule has 0 bridgehead atoms. The van der Waals surface area contributed by atoms with Crippen LogP contribution in [0.2, 0.25) is 0 Å². The molecule has 0 saturated carbocycles. The first-order valence-electron chi connectivity index (χ1n) is 7.83. The molecule has 0 aliphatic carbocycles. The summed E-state index contributed by atoms with van der Waals surface area (Å²) >= 11 is 0. The largest absolute Gasteiger partial charge is 0.377 e. The summed E-state index contributed by atoms with van der Waals surface area (Å²) in [5.74, 6) is -1.18. The smallest absolute Gasteiger partial charge is 0.188 e. The van der Waals surface area contributed by atoms with E-state index in [1.807, 2.05) is 27.7 Å². The highest BCUT2D eigenvalue weighted by Crippen LogP contribution is 2.43. The van der Waals surface area contributed by atoms with Gasteiger partial charge in [0, 0.05) is 5.92 Å².